The highest BCUT2D eigenvalue weighted by Crippen LogP contribution is 2.39. The predicted molar refractivity (Wildman–Crippen MR) is 97.4 cm³/mol. The highest BCUT2D eigenvalue weighted by atomic mass is 32.2. The molecule has 1 atom stereocenters. The first-order valence-corrected chi connectivity index (χ1v) is 10.4. The maximum atomic E-state index is 11.3. The summed E-state index contributed by atoms with van der Waals surface area (Å²) in [6.07, 6.45) is 2.78. The maximum Gasteiger partial charge on any atom is 0.240 e. The molecule has 1 unspecified atom stereocenters. The molecule has 3 rings (SSSR count). The minimum Gasteiger partial charge on any atom is -0.388 e. The molecular weight excluding hydrogens is 340 g/mol. The fraction of sp³-hybridized carbons (Fsp3) is 0.882. The summed E-state index contributed by atoms with van der Waals surface area (Å²) in [5.74, 6) is 2.19. The number of thioether (sulfide) groups is 1. The number of β-amino-alcohol motifs (C(OH)–C–C–N with tert-alkyl or cyclic N) is 1. The largest absolute Gasteiger partial charge is 0.388 e. The minimum atomic E-state index is -0.681. The standard InChI is InChI=1S/C17H30N4O3S/c1-16(2)12-21(10-15-18-14(11-25-3)19-24-15)5-4-17(16,22)13-20-6-8-23-9-7-20/h22H,4-13H2,1-3H3. The molecule has 2 aliphatic heterocycles. The van der Waals surface area contributed by atoms with E-state index in [1.54, 1.807) is 11.8 Å². The Balaban J connectivity index is 1.58. The van der Waals surface area contributed by atoms with Crippen LogP contribution in [0.5, 0.6) is 0 Å². The van der Waals surface area contributed by atoms with Gasteiger partial charge in [0.25, 0.3) is 0 Å². The maximum absolute atomic E-state index is 11.3. The Morgan fingerprint density at radius 3 is 2.64 bits per heavy atom. The number of ether oxygens (including phenoxy) is 1. The first-order chi connectivity index (χ1) is 11.9. The number of hydrogen-bond donors (Lipinski definition) is 1. The van der Waals surface area contributed by atoms with E-state index in [2.05, 4.69) is 33.8 Å². The van der Waals surface area contributed by atoms with E-state index >= 15 is 0 Å². The lowest BCUT2D eigenvalue weighted by Gasteiger charge is -2.52. The fourth-order valence-electron chi connectivity index (χ4n) is 3.76. The summed E-state index contributed by atoms with van der Waals surface area (Å²) in [4.78, 5) is 9.08. The third kappa shape index (κ3) is 4.54. The zero-order valence-electron chi connectivity index (χ0n) is 15.5. The summed E-state index contributed by atoms with van der Waals surface area (Å²) in [6, 6.07) is 0. The van der Waals surface area contributed by atoms with Crippen LogP contribution in [0.3, 0.4) is 0 Å². The van der Waals surface area contributed by atoms with Crippen molar-refractivity contribution < 1.29 is 14.4 Å². The van der Waals surface area contributed by atoms with Crippen LogP contribution >= 0.6 is 11.8 Å². The van der Waals surface area contributed by atoms with Crippen molar-refractivity contribution in [1.29, 1.82) is 0 Å². The number of likely N-dealkylation sites (tertiary alicyclic amines) is 1. The Labute approximate surface area is 154 Å². The van der Waals surface area contributed by atoms with Crippen LogP contribution in [0.25, 0.3) is 0 Å². The van der Waals surface area contributed by atoms with Crippen LogP contribution in [0.4, 0.5) is 0 Å². The second-order valence-electron chi connectivity index (χ2n) is 7.80. The first-order valence-electron chi connectivity index (χ1n) is 8.97. The van der Waals surface area contributed by atoms with E-state index in [1.165, 1.54) is 0 Å². The summed E-state index contributed by atoms with van der Waals surface area (Å²) < 4.78 is 10.8. The van der Waals surface area contributed by atoms with Crippen LogP contribution in [0.15, 0.2) is 4.52 Å². The van der Waals surface area contributed by atoms with Crippen molar-refractivity contribution in [2.75, 3.05) is 52.2 Å². The van der Waals surface area contributed by atoms with E-state index in [1.807, 2.05) is 6.26 Å². The van der Waals surface area contributed by atoms with Gasteiger partial charge in [-0.3, -0.25) is 9.80 Å². The van der Waals surface area contributed by atoms with E-state index in [-0.39, 0.29) is 5.41 Å². The van der Waals surface area contributed by atoms with Crippen LogP contribution in [0.2, 0.25) is 0 Å². The monoisotopic (exact) mass is 370 g/mol. The Hall–Kier alpha value is -0.670. The molecule has 0 aliphatic carbocycles. The summed E-state index contributed by atoms with van der Waals surface area (Å²) in [6.45, 7) is 10.7. The highest BCUT2D eigenvalue weighted by Gasteiger charge is 2.48. The van der Waals surface area contributed by atoms with Gasteiger partial charge in [0.1, 0.15) is 0 Å². The molecule has 1 aromatic rings. The molecule has 7 nitrogen and oxygen atoms in total. The topological polar surface area (TPSA) is 74.9 Å². The minimum absolute atomic E-state index is 0.203. The first kappa shape index (κ1) is 19.1. The molecule has 8 heteroatoms. The average molecular weight is 371 g/mol. The third-order valence-electron chi connectivity index (χ3n) is 5.45. The van der Waals surface area contributed by atoms with Gasteiger partial charge in [-0.15, -0.1) is 0 Å². The van der Waals surface area contributed by atoms with Crippen LogP contribution in [0.1, 0.15) is 32.0 Å². The molecule has 1 aromatic heterocycles. The van der Waals surface area contributed by atoms with Gasteiger partial charge in [-0.2, -0.15) is 16.7 Å². The zero-order valence-corrected chi connectivity index (χ0v) is 16.3. The molecule has 142 valence electrons. The Bertz CT molecular complexity index is 562. The summed E-state index contributed by atoms with van der Waals surface area (Å²) >= 11 is 1.68. The van der Waals surface area contributed by atoms with Gasteiger partial charge in [-0.1, -0.05) is 19.0 Å². The lowest BCUT2D eigenvalue weighted by molar-refractivity contribution is -0.141. The van der Waals surface area contributed by atoms with Crippen molar-refractivity contribution in [1.82, 2.24) is 19.9 Å². The zero-order chi connectivity index (χ0) is 17.9. The van der Waals surface area contributed by atoms with Crippen LogP contribution in [-0.2, 0) is 17.0 Å². The molecule has 25 heavy (non-hydrogen) atoms. The van der Waals surface area contributed by atoms with Gasteiger partial charge in [-0.05, 0) is 12.7 Å². The van der Waals surface area contributed by atoms with Crippen LogP contribution in [-0.4, -0.2) is 82.8 Å². The molecule has 0 saturated carbocycles. The molecule has 2 aliphatic rings. The second kappa shape index (κ2) is 7.92. The van der Waals surface area contributed by atoms with Gasteiger partial charge in [0.15, 0.2) is 5.82 Å². The number of aliphatic hydroxyl groups is 1. The molecule has 0 aromatic carbocycles. The van der Waals surface area contributed by atoms with Crippen molar-refractivity contribution in [3.05, 3.63) is 11.7 Å². The molecule has 1 N–H and O–H groups in total. The van der Waals surface area contributed by atoms with Gasteiger partial charge in [0.05, 0.1) is 31.1 Å². The van der Waals surface area contributed by atoms with Crippen LogP contribution < -0.4 is 0 Å². The van der Waals surface area contributed by atoms with E-state index < -0.39 is 5.60 Å². The highest BCUT2D eigenvalue weighted by molar-refractivity contribution is 7.97. The van der Waals surface area contributed by atoms with Gasteiger partial charge < -0.3 is 14.4 Å². The molecular formula is C17H30N4O3S. The van der Waals surface area contributed by atoms with Gasteiger partial charge in [0, 0.05) is 38.1 Å². The molecule has 0 amide bonds. The molecule has 2 fully saturated rings. The molecule has 3 heterocycles. The quantitative estimate of drug-likeness (QED) is 0.801. The van der Waals surface area contributed by atoms with E-state index in [0.717, 1.165) is 63.9 Å². The smallest absolute Gasteiger partial charge is 0.240 e. The Kier molecular flexibility index (Phi) is 6.05. The normalized spacial score (nSPS) is 28.3. The number of nitrogens with zero attached hydrogens (tertiary/aromatic N) is 4. The van der Waals surface area contributed by atoms with Crippen molar-refractivity contribution in [2.24, 2.45) is 5.41 Å². The fourth-order valence-corrected chi connectivity index (χ4v) is 4.13. The summed E-state index contributed by atoms with van der Waals surface area (Å²) in [5, 5.41) is 15.4. The van der Waals surface area contributed by atoms with Gasteiger partial charge in [-0.25, -0.2) is 0 Å². The molecule has 0 bridgehead atoms. The predicted octanol–water partition coefficient (Wildman–Crippen LogP) is 1.23. The van der Waals surface area contributed by atoms with Crippen LogP contribution in [0, 0.1) is 5.41 Å². The number of morpholine rings is 1. The van der Waals surface area contributed by atoms with Gasteiger partial charge >= 0.3 is 0 Å². The number of piperidine rings is 1. The molecule has 0 spiro atoms. The SMILES string of the molecule is CSCc1noc(CN2CCC(O)(CN3CCOCC3)C(C)(C)C2)n1. The van der Waals surface area contributed by atoms with E-state index in [0.29, 0.717) is 12.4 Å². The molecule has 0 radical (unpaired) electrons. The van der Waals surface area contributed by atoms with Crippen molar-refractivity contribution in [3.8, 4) is 0 Å². The van der Waals surface area contributed by atoms with Crippen molar-refractivity contribution >= 4 is 11.8 Å². The summed E-state index contributed by atoms with van der Waals surface area (Å²) in [5.41, 5.74) is -0.884. The van der Waals surface area contributed by atoms with Gasteiger partial charge in [0.2, 0.25) is 5.89 Å². The lowest BCUT2D eigenvalue weighted by atomic mass is 9.69. The second-order valence-corrected chi connectivity index (χ2v) is 8.67. The van der Waals surface area contributed by atoms with Crippen molar-refractivity contribution in [2.45, 2.75) is 38.2 Å². The Morgan fingerprint density at radius 1 is 1.20 bits per heavy atom. The summed E-state index contributed by atoms with van der Waals surface area (Å²) in [7, 11) is 0. The number of rotatable bonds is 6. The van der Waals surface area contributed by atoms with Crippen molar-refractivity contribution in [3.63, 3.8) is 0 Å². The lowest BCUT2D eigenvalue weighted by Crippen LogP contribution is -2.62. The Morgan fingerprint density at radius 2 is 1.96 bits per heavy atom. The third-order valence-corrected chi connectivity index (χ3v) is 6.00. The average Bonchev–Trinajstić information content (AvgIpc) is 3.00. The van der Waals surface area contributed by atoms with E-state index in [4.69, 9.17) is 9.26 Å². The molecule has 2 saturated heterocycles. The number of hydrogen-bond acceptors (Lipinski definition) is 8. The number of aromatic nitrogens is 2. The van der Waals surface area contributed by atoms with E-state index in [9.17, 15) is 5.11 Å².